The van der Waals surface area contributed by atoms with E-state index in [4.69, 9.17) is 23.2 Å². The molecule has 0 bridgehead atoms. The molecule has 0 saturated heterocycles. The number of rotatable bonds is 6. The average Bonchev–Trinajstić information content (AvgIpc) is 2.30. The van der Waals surface area contributed by atoms with Crippen LogP contribution in [0.2, 0.25) is 10.0 Å². The van der Waals surface area contributed by atoms with Crippen LogP contribution in [0.5, 0.6) is 0 Å². The Bertz CT molecular complexity index is 328. The first kappa shape index (κ1) is 14.8. The summed E-state index contributed by atoms with van der Waals surface area (Å²) in [4.78, 5) is 0. The fourth-order valence-electron chi connectivity index (χ4n) is 2.45. The maximum absolute atomic E-state index is 6.31. The zero-order valence-corrected chi connectivity index (χ0v) is 12.3. The fraction of sp³-hybridized carbons (Fsp3) is 0.571. The molecule has 1 nitrogen and oxygen atoms in total. The van der Waals surface area contributed by atoms with Gasteiger partial charge in [0.2, 0.25) is 0 Å². The Hall–Kier alpha value is -0.240. The van der Waals surface area contributed by atoms with E-state index in [-0.39, 0.29) is 0 Å². The Labute approximate surface area is 115 Å². The van der Waals surface area contributed by atoms with Crippen LogP contribution in [0.3, 0.4) is 0 Å². The summed E-state index contributed by atoms with van der Waals surface area (Å²) in [5.74, 6) is 0.996. The largest absolute Gasteiger partial charge is 0.319 e. The molecular weight excluding hydrogens is 253 g/mol. The van der Waals surface area contributed by atoms with Gasteiger partial charge in [-0.15, -0.1) is 0 Å². The molecule has 0 aliphatic rings. The minimum absolute atomic E-state index is 0.385. The van der Waals surface area contributed by atoms with Crippen molar-refractivity contribution < 1.29 is 0 Å². The molecule has 0 fully saturated rings. The zero-order valence-electron chi connectivity index (χ0n) is 10.8. The maximum Gasteiger partial charge on any atom is 0.0456 e. The van der Waals surface area contributed by atoms with Gasteiger partial charge in [-0.05, 0) is 30.7 Å². The summed E-state index contributed by atoms with van der Waals surface area (Å²) in [7, 11) is 1.97. The maximum atomic E-state index is 6.31. The smallest absolute Gasteiger partial charge is 0.0456 e. The molecule has 0 heterocycles. The van der Waals surface area contributed by atoms with Crippen molar-refractivity contribution in [3.63, 3.8) is 0 Å². The number of likely N-dealkylation sites (N-methyl/N-ethyl adjacent to an activating group) is 1. The van der Waals surface area contributed by atoms with Gasteiger partial charge in [-0.25, -0.2) is 0 Å². The number of halogens is 2. The van der Waals surface area contributed by atoms with Crippen LogP contribution >= 0.6 is 23.2 Å². The van der Waals surface area contributed by atoms with E-state index in [9.17, 15) is 0 Å². The van der Waals surface area contributed by atoms with Crippen LogP contribution in [0.1, 0.15) is 38.2 Å². The standard InChI is InChI=1S/C14H21Cl2N/c1-4-10(5-2)11(9-17-3)14-12(15)7-6-8-13(14)16/h6-8,10-11,17H,4-5,9H2,1-3H3. The SMILES string of the molecule is CCC(CC)C(CNC)c1c(Cl)cccc1Cl. The molecule has 0 aliphatic heterocycles. The quantitative estimate of drug-likeness (QED) is 0.790. The Morgan fingerprint density at radius 1 is 1.12 bits per heavy atom. The summed E-state index contributed by atoms with van der Waals surface area (Å²) in [6.45, 7) is 5.36. The Balaban J connectivity index is 3.12. The molecule has 96 valence electrons. The van der Waals surface area contributed by atoms with Crippen molar-refractivity contribution in [1.82, 2.24) is 5.32 Å². The van der Waals surface area contributed by atoms with Gasteiger partial charge in [0.15, 0.2) is 0 Å². The number of benzene rings is 1. The molecule has 1 atom stereocenters. The fourth-order valence-corrected chi connectivity index (χ4v) is 3.12. The van der Waals surface area contributed by atoms with Gasteiger partial charge in [0, 0.05) is 22.5 Å². The molecule has 0 radical (unpaired) electrons. The highest BCUT2D eigenvalue weighted by atomic mass is 35.5. The zero-order chi connectivity index (χ0) is 12.8. The highest BCUT2D eigenvalue weighted by Gasteiger charge is 2.24. The second kappa shape index (κ2) is 7.25. The predicted octanol–water partition coefficient (Wildman–Crippen LogP) is 4.73. The molecule has 1 N–H and O–H groups in total. The number of nitrogens with one attached hydrogen (secondary N) is 1. The van der Waals surface area contributed by atoms with Crippen LogP contribution in [-0.2, 0) is 0 Å². The molecule has 1 rings (SSSR count). The first-order valence-corrected chi connectivity index (χ1v) is 6.99. The molecule has 17 heavy (non-hydrogen) atoms. The van der Waals surface area contributed by atoms with Gasteiger partial charge in [-0.3, -0.25) is 0 Å². The lowest BCUT2D eigenvalue weighted by Crippen LogP contribution is -2.24. The third-order valence-corrected chi connectivity index (χ3v) is 4.07. The third-order valence-electron chi connectivity index (χ3n) is 3.41. The van der Waals surface area contributed by atoms with Crippen molar-refractivity contribution in [3.8, 4) is 0 Å². The van der Waals surface area contributed by atoms with Crippen LogP contribution in [0, 0.1) is 5.92 Å². The van der Waals surface area contributed by atoms with E-state index in [0.717, 1.165) is 35.0 Å². The van der Waals surface area contributed by atoms with E-state index in [0.29, 0.717) is 11.8 Å². The summed E-state index contributed by atoms with van der Waals surface area (Å²) >= 11 is 12.6. The summed E-state index contributed by atoms with van der Waals surface area (Å²) in [5.41, 5.74) is 1.10. The minimum atomic E-state index is 0.385. The normalized spacial score (nSPS) is 13.1. The summed E-state index contributed by atoms with van der Waals surface area (Å²) in [5, 5.41) is 4.82. The van der Waals surface area contributed by atoms with E-state index in [1.54, 1.807) is 0 Å². The Kier molecular flexibility index (Phi) is 6.32. The average molecular weight is 274 g/mol. The van der Waals surface area contributed by atoms with Crippen molar-refractivity contribution >= 4 is 23.2 Å². The predicted molar refractivity (Wildman–Crippen MR) is 77.2 cm³/mol. The van der Waals surface area contributed by atoms with Crippen LogP contribution < -0.4 is 5.32 Å². The number of hydrogen-bond acceptors (Lipinski definition) is 1. The van der Waals surface area contributed by atoms with E-state index in [1.165, 1.54) is 0 Å². The summed E-state index contributed by atoms with van der Waals surface area (Å²) in [6, 6.07) is 5.75. The topological polar surface area (TPSA) is 12.0 Å². The van der Waals surface area contributed by atoms with Crippen molar-refractivity contribution in [3.05, 3.63) is 33.8 Å². The molecule has 1 aromatic rings. The number of hydrogen-bond donors (Lipinski definition) is 1. The first-order valence-electron chi connectivity index (χ1n) is 6.24. The monoisotopic (exact) mass is 273 g/mol. The molecule has 3 heteroatoms. The molecule has 0 saturated carbocycles. The van der Waals surface area contributed by atoms with E-state index in [1.807, 2.05) is 25.2 Å². The van der Waals surface area contributed by atoms with Crippen molar-refractivity contribution in [2.45, 2.75) is 32.6 Å². The highest BCUT2D eigenvalue weighted by molar-refractivity contribution is 6.36. The van der Waals surface area contributed by atoms with Crippen LogP contribution in [0.4, 0.5) is 0 Å². The first-order chi connectivity index (χ1) is 8.15. The molecule has 0 spiro atoms. The lowest BCUT2D eigenvalue weighted by atomic mass is 9.82. The lowest BCUT2D eigenvalue weighted by molar-refractivity contribution is 0.387. The molecule has 0 amide bonds. The summed E-state index contributed by atoms with van der Waals surface area (Å²) in [6.07, 6.45) is 2.29. The molecule has 1 unspecified atom stereocenters. The van der Waals surface area contributed by atoms with Crippen molar-refractivity contribution in [1.29, 1.82) is 0 Å². The van der Waals surface area contributed by atoms with Gasteiger partial charge in [0.1, 0.15) is 0 Å². The van der Waals surface area contributed by atoms with E-state index in [2.05, 4.69) is 19.2 Å². The minimum Gasteiger partial charge on any atom is -0.319 e. The van der Waals surface area contributed by atoms with Crippen molar-refractivity contribution in [2.24, 2.45) is 5.92 Å². The van der Waals surface area contributed by atoms with Crippen LogP contribution in [-0.4, -0.2) is 13.6 Å². The van der Waals surface area contributed by atoms with Crippen LogP contribution in [0.25, 0.3) is 0 Å². The van der Waals surface area contributed by atoms with Gasteiger partial charge in [0.25, 0.3) is 0 Å². The Morgan fingerprint density at radius 2 is 1.65 bits per heavy atom. The molecule has 0 aliphatic carbocycles. The second-order valence-electron chi connectivity index (χ2n) is 4.38. The summed E-state index contributed by atoms with van der Waals surface area (Å²) < 4.78 is 0. The van der Waals surface area contributed by atoms with Gasteiger partial charge in [-0.2, -0.15) is 0 Å². The second-order valence-corrected chi connectivity index (χ2v) is 5.19. The molecular formula is C14H21Cl2N. The molecule has 1 aromatic carbocycles. The third kappa shape index (κ3) is 3.61. The van der Waals surface area contributed by atoms with Gasteiger partial charge >= 0.3 is 0 Å². The van der Waals surface area contributed by atoms with Gasteiger partial charge in [0.05, 0.1) is 0 Å². The van der Waals surface area contributed by atoms with Gasteiger partial charge < -0.3 is 5.32 Å². The van der Waals surface area contributed by atoms with Gasteiger partial charge in [-0.1, -0.05) is 56.0 Å². The lowest BCUT2D eigenvalue weighted by Gasteiger charge is -2.27. The Morgan fingerprint density at radius 3 is 2.06 bits per heavy atom. The van der Waals surface area contributed by atoms with Crippen LogP contribution in [0.15, 0.2) is 18.2 Å². The highest BCUT2D eigenvalue weighted by Crippen LogP contribution is 2.37. The van der Waals surface area contributed by atoms with E-state index >= 15 is 0 Å². The van der Waals surface area contributed by atoms with Crippen molar-refractivity contribution in [2.75, 3.05) is 13.6 Å². The molecule has 0 aromatic heterocycles. The van der Waals surface area contributed by atoms with E-state index < -0.39 is 0 Å².